The topological polar surface area (TPSA) is 12.0 Å². The fourth-order valence-corrected chi connectivity index (χ4v) is 3.39. The van der Waals surface area contributed by atoms with E-state index in [4.69, 9.17) is 0 Å². The molecular formula is C19H31N. The normalized spacial score (nSPS) is 40.9. The Morgan fingerprint density at radius 3 is 2.75 bits per heavy atom. The first-order chi connectivity index (χ1) is 9.66. The van der Waals surface area contributed by atoms with Crippen molar-refractivity contribution in [1.29, 1.82) is 0 Å². The lowest BCUT2D eigenvalue weighted by atomic mass is 9.89. The molecule has 0 aromatic rings. The smallest absolute Gasteiger partial charge is 0.0466 e. The Kier molecular flexibility index (Phi) is 6.09. The Morgan fingerprint density at radius 2 is 1.90 bits per heavy atom. The Balaban J connectivity index is 1.89. The molecule has 0 radical (unpaired) electrons. The Morgan fingerprint density at radius 1 is 1.10 bits per heavy atom. The summed E-state index contributed by atoms with van der Waals surface area (Å²) in [5.41, 5.74) is 1.46. The molecule has 0 saturated heterocycles. The predicted molar refractivity (Wildman–Crippen MR) is 88.7 cm³/mol. The second-order valence-electron chi connectivity index (χ2n) is 6.88. The van der Waals surface area contributed by atoms with Crippen molar-refractivity contribution >= 4 is 0 Å². The highest BCUT2D eigenvalue weighted by Crippen LogP contribution is 2.31. The van der Waals surface area contributed by atoms with Gasteiger partial charge in [0, 0.05) is 6.04 Å². The third kappa shape index (κ3) is 4.63. The molecule has 0 aromatic heterocycles. The van der Waals surface area contributed by atoms with Crippen molar-refractivity contribution in [2.24, 2.45) is 17.8 Å². The van der Waals surface area contributed by atoms with Gasteiger partial charge in [0.2, 0.25) is 0 Å². The van der Waals surface area contributed by atoms with Crippen LogP contribution < -0.4 is 5.32 Å². The van der Waals surface area contributed by atoms with E-state index in [0.29, 0.717) is 6.04 Å². The minimum absolute atomic E-state index is 0.424. The molecule has 1 saturated carbocycles. The summed E-state index contributed by atoms with van der Waals surface area (Å²) in [6.07, 6.45) is 17.9. The highest BCUT2D eigenvalue weighted by Gasteiger charge is 2.23. The van der Waals surface area contributed by atoms with E-state index < -0.39 is 0 Å². The van der Waals surface area contributed by atoms with Crippen LogP contribution >= 0.6 is 0 Å². The second-order valence-corrected chi connectivity index (χ2v) is 6.88. The van der Waals surface area contributed by atoms with Crippen LogP contribution in [0.2, 0.25) is 0 Å². The SMILES string of the molecule is C/C1=C/C/C=C\C=C\C1NCC1CCC(C)CC[C@H]1C. The lowest BCUT2D eigenvalue weighted by Crippen LogP contribution is -2.35. The van der Waals surface area contributed by atoms with Gasteiger partial charge in [-0.05, 0) is 44.1 Å². The first-order valence-corrected chi connectivity index (χ1v) is 8.40. The zero-order valence-electron chi connectivity index (χ0n) is 13.4. The largest absolute Gasteiger partial charge is 0.307 e. The standard InChI is InChI=1S/C19H31N/c1-15-10-12-16(2)18(13-11-15)14-20-19-9-7-5-4-6-8-17(19)3/h4-5,7-9,15-16,18-20H,6,10-14H2,1-3H3/b5-4-,9-7+,17-8-/t15?,16-,18?,19?/m1/s1. The van der Waals surface area contributed by atoms with Crippen molar-refractivity contribution in [2.45, 2.75) is 58.9 Å². The van der Waals surface area contributed by atoms with Crippen molar-refractivity contribution < 1.29 is 0 Å². The first-order valence-electron chi connectivity index (χ1n) is 8.40. The minimum atomic E-state index is 0.424. The van der Waals surface area contributed by atoms with Crippen LogP contribution in [0.5, 0.6) is 0 Å². The average Bonchev–Trinajstić information content (AvgIpc) is 2.57. The number of allylic oxidation sites excluding steroid dienone is 4. The van der Waals surface area contributed by atoms with E-state index in [1.165, 1.54) is 31.3 Å². The molecule has 0 heterocycles. The molecule has 2 aliphatic rings. The van der Waals surface area contributed by atoms with Crippen molar-refractivity contribution in [3.8, 4) is 0 Å². The summed E-state index contributed by atoms with van der Waals surface area (Å²) < 4.78 is 0. The van der Waals surface area contributed by atoms with Crippen LogP contribution in [0.25, 0.3) is 0 Å². The molecule has 0 spiro atoms. The van der Waals surface area contributed by atoms with E-state index in [9.17, 15) is 0 Å². The lowest BCUT2D eigenvalue weighted by Gasteiger charge is -2.25. The van der Waals surface area contributed by atoms with Gasteiger partial charge in [0.05, 0.1) is 0 Å². The number of nitrogens with one attached hydrogen (secondary N) is 1. The predicted octanol–water partition coefficient (Wildman–Crippen LogP) is 4.87. The van der Waals surface area contributed by atoms with Crippen molar-refractivity contribution in [3.63, 3.8) is 0 Å². The molecule has 3 unspecified atom stereocenters. The van der Waals surface area contributed by atoms with E-state index in [2.05, 4.69) is 56.5 Å². The summed E-state index contributed by atoms with van der Waals surface area (Å²) in [5.74, 6) is 2.65. The van der Waals surface area contributed by atoms with E-state index in [-0.39, 0.29) is 0 Å². The maximum atomic E-state index is 3.79. The highest BCUT2D eigenvalue weighted by molar-refractivity contribution is 5.22. The molecule has 112 valence electrons. The molecule has 1 nitrogen and oxygen atoms in total. The van der Waals surface area contributed by atoms with E-state index in [1.54, 1.807) is 0 Å². The minimum Gasteiger partial charge on any atom is -0.307 e. The van der Waals surface area contributed by atoms with Crippen LogP contribution in [0.1, 0.15) is 52.9 Å². The summed E-state index contributed by atoms with van der Waals surface area (Å²) in [6.45, 7) is 8.28. The monoisotopic (exact) mass is 273 g/mol. The van der Waals surface area contributed by atoms with E-state index in [0.717, 1.165) is 30.7 Å². The average molecular weight is 273 g/mol. The van der Waals surface area contributed by atoms with Gasteiger partial charge < -0.3 is 5.32 Å². The maximum Gasteiger partial charge on any atom is 0.0466 e. The van der Waals surface area contributed by atoms with Gasteiger partial charge >= 0.3 is 0 Å². The zero-order chi connectivity index (χ0) is 14.4. The van der Waals surface area contributed by atoms with Gasteiger partial charge in [-0.1, -0.05) is 69.1 Å². The molecule has 4 atom stereocenters. The van der Waals surface area contributed by atoms with Crippen LogP contribution in [0.3, 0.4) is 0 Å². The van der Waals surface area contributed by atoms with Gasteiger partial charge in [0.25, 0.3) is 0 Å². The van der Waals surface area contributed by atoms with Crippen molar-refractivity contribution in [2.75, 3.05) is 6.54 Å². The molecule has 0 aromatic carbocycles. The summed E-state index contributed by atoms with van der Waals surface area (Å²) in [5, 5.41) is 3.79. The summed E-state index contributed by atoms with van der Waals surface area (Å²) in [4.78, 5) is 0. The molecule has 1 N–H and O–H groups in total. The molecule has 1 heteroatoms. The van der Waals surface area contributed by atoms with E-state index >= 15 is 0 Å². The maximum absolute atomic E-state index is 3.79. The molecule has 20 heavy (non-hydrogen) atoms. The van der Waals surface area contributed by atoms with Gasteiger partial charge in [0.15, 0.2) is 0 Å². The molecule has 1 fully saturated rings. The van der Waals surface area contributed by atoms with Crippen LogP contribution in [0.4, 0.5) is 0 Å². The summed E-state index contributed by atoms with van der Waals surface area (Å²) >= 11 is 0. The molecule has 0 amide bonds. The quantitative estimate of drug-likeness (QED) is 0.571. The summed E-state index contributed by atoms with van der Waals surface area (Å²) in [6, 6.07) is 0.424. The highest BCUT2D eigenvalue weighted by atomic mass is 14.9. The number of rotatable bonds is 3. The van der Waals surface area contributed by atoms with Gasteiger partial charge in [-0.2, -0.15) is 0 Å². The van der Waals surface area contributed by atoms with Gasteiger partial charge in [-0.15, -0.1) is 0 Å². The van der Waals surface area contributed by atoms with Crippen LogP contribution in [-0.2, 0) is 0 Å². The van der Waals surface area contributed by atoms with Crippen LogP contribution in [0.15, 0.2) is 36.0 Å². The fraction of sp³-hybridized carbons (Fsp3) is 0.684. The van der Waals surface area contributed by atoms with Crippen LogP contribution in [0, 0.1) is 17.8 Å². The first kappa shape index (κ1) is 15.6. The van der Waals surface area contributed by atoms with Crippen molar-refractivity contribution in [3.05, 3.63) is 36.0 Å². The fourth-order valence-electron chi connectivity index (χ4n) is 3.39. The number of hydrogen-bond acceptors (Lipinski definition) is 1. The summed E-state index contributed by atoms with van der Waals surface area (Å²) in [7, 11) is 0. The molecule has 2 aliphatic carbocycles. The Labute approximate surface area is 125 Å². The van der Waals surface area contributed by atoms with Crippen molar-refractivity contribution in [1.82, 2.24) is 5.32 Å². The van der Waals surface area contributed by atoms with Gasteiger partial charge in [-0.25, -0.2) is 0 Å². The molecular weight excluding hydrogens is 242 g/mol. The lowest BCUT2D eigenvalue weighted by molar-refractivity contribution is 0.319. The van der Waals surface area contributed by atoms with E-state index in [1.807, 2.05) is 0 Å². The Hall–Kier alpha value is -0.820. The molecule has 2 rings (SSSR count). The third-order valence-corrected chi connectivity index (χ3v) is 5.17. The van der Waals surface area contributed by atoms with Gasteiger partial charge in [0.1, 0.15) is 0 Å². The number of hydrogen-bond donors (Lipinski definition) is 1. The second kappa shape index (κ2) is 7.83. The van der Waals surface area contributed by atoms with Crippen LogP contribution in [-0.4, -0.2) is 12.6 Å². The zero-order valence-corrected chi connectivity index (χ0v) is 13.4. The molecule has 0 aliphatic heterocycles. The van der Waals surface area contributed by atoms with Gasteiger partial charge in [-0.3, -0.25) is 0 Å². The Bertz CT molecular complexity index is 377. The molecule has 0 bridgehead atoms. The third-order valence-electron chi connectivity index (χ3n) is 5.17.